The fourth-order valence-electron chi connectivity index (χ4n) is 3.09. The third-order valence-corrected chi connectivity index (χ3v) is 7.13. The molecular weight excluding hydrogens is 393 g/mol. The first-order valence-corrected chi connectivity index (χ1v) is 10.4. The minimum atomic E-state index is -3.67. The number of hydrogen-bond acceptors (Lipinski definition) is 3. The number of nitrogens with one attached hydrogen (secondary N) is 1. The van der Waals surface area contributed by atoms with Gasteiger partial charge in [0.05, 0.1) is 42.8 Å². The van der Waals surface area contributed by atoms with Crippen LogP contribution in [0.1, 0.15) is 11.1 Å². The van der Waals surface area contributed by atoms with E-state index in [4.69, 9.17) is 23.2 Å². The molecule has 0 radical (unpaired) electrons. The van der Waals surface area contributed by atoms with Crippen LogP contribution in [0, 0.1) is 11.3 Å². The second kappa shape index (κ2) is 7.95. The van der Waals surface area contributed by atoms with Gasteiger partial charge in [0.2, 0.25) is 10.0 Å². The molecule has 2 aromatic rings. The highest BCUT2D eigenvalue weighted by molar-refractivity contribution is 7.89. The topological polar surface area (TPSA) is 65.6 Å². The van der Waals surface area contributed by atoms with Gasteiger partial charge in [0.25, 0.3) is 0 Å². The van der Waals surface area contributed by atoms with E-state index in [0.717, 1.165) is 5.56 Å². The number of nitriles is 1. The van der Waals surface area contributed by atoms with Gasteiger partial charge in [-0.3, -0.25) is 0 Å². The molecule has 5 nitrogen and oxygen atoms in total. The Morgan fingerprint density at radius 2 is 1.81 bits per heavy atom. The first kappa shape index (κ1) is 19.2. The molecule has 0 spiro atoms. The van der Waals surface area contributed by atoms with Crippen molar-refractivity contribution in [3.05, 3.63) is 63.6 Å². The van der Waals surface area contributed by atoms with Crippen molar-refractivity contribution in [2.24, 2.45) is 0 Å². The average Bonchev–Trinajstić information content (AvgIpc) is 2.64. The number of halogens is 2. The molecule has 1 saturated heterocycles. The highest BCUT2D eigenvalue weighted by Crippen LogP contribution is 2.27. The fourth-order valence-corrected chi connectivity index (χ4v) is 5.27. The normalized spacial score (nSPS) is 16.3. The summed E-state index contributed by atoms with van der Waals surface area (Å²) in [5, 5.41) is 9.71. The molecule has 8 heteroatoms. The third-order valence-electron chi connectivity index (χ3n) is 4.52. The minimum Gasteiger partial charge on any atom is -0.329 e. The summed E-state index contributed by atoms with van der Waals surface area (Å²) in [4.78, 5) is 1.29. The number of rotatable bonds is 4. The van der Waals surface area contributed by atoms with Crippen LogP contribution in [0.25, 0.3) is 0 Å². The number of hydrogen-bond donors (Lipinski definition) is 1. The van der Waals surface area contributed by atoms with Crippen LogP contribution in [-0.4, -0.2) is 38.9 Å². The fraction of sp³-hybridized carbons (Fsp3) is 0.278. The third kappa shape index (κ3) is 4.03. The maximum Gasteiger partial charge on any atom is 0.245 e. The summed E-state index contributed by atoms with van der Waals surface area (Å²) in [6, 6.07) is 14.2. The minimum absolute atomic E-state index is 0.0462. The second-order valence-corrected chi connectivity index (χ2v) is 8.92. The van der Waals surface area contributed by atoms with E-state index in [1.54, 1.807) is 12.1 Å². The smallest absolute Gasteiger partial charge is 0.245 e. The number of sulfonamides is 1. The highest BCUT2D eigenvalue weighted by atomic mass is 35.5. The Hall–Kier alpha value is -1.62. The Labute approximate surface area is 163 Å². The first-order chi connectivity index (χ1) is 12.4. The van der Waals surface area contributed by atoms with Crippen molar-refractivity contribution in [2.75, 3.05) is 26.2 Å². The molecule has 136 valence electrons. The quantitative estimate of drug-likeness (QED) is 0.837. The van der Waals surface area contributed by atoms with Gasteiger partial charge in [-0.1, -0.05) is 41.4 Å². The molecule has 3 rings (SSSR count). The van der Waals surface area contributed by atoms with E-state index < -0.39 is 10.0 Å². The molecule has 1 fully saturated rings. The van der Waals surface area contributed by atoms with Crippen LogP contribution in [-0.2, 0) is 16.6 Å². The maximum absolute atomic E-state index is 12.9. The monoisotopic (exact) mass is 410 g/mol. The van der Waals surface area contributed by atoms with Gasteiger partial charge in [-0.2, -0.15) is 9.57 Å². The zero-order valence-corrected chi connectivity index (χ0v) is 16.3. The largest absolute Gasteiger partial charge is 0.329 e. The molecule has 1 N–H and O–H groups in total. The lowest BCUT2D eigenvalue weighted by atomic mass is 10.1. The van der Waals surface area contributed by atoms with Gasteiger partial charge in [0, 0.05) is 10.6 Å². The molecule has 2 aromatic carbocycles. The van der Waals surface area contributed by atoms with E-state index in [9.17, 15) is 13.7 Å². The summed E-state index contributed by atoms with van der Waals surface area (Å²) in [5.41, 5.74) is 1.65. The molecular formula is C18H18Cl2N3O2S+. The Kier molecular flexibility index (Phi) is 5.86. The van der Waals surface area contributed by atoms with Gasteiger partial charge in [0.15, 0.2) is 0 Å². The van der Waals surface area contributed by atoms with Gasteiger partial charge >= 0.3 is 0 Å². The Morgan fingerprint density at radius 1 is 1.12 bits per heavy atom. The van der Waals surface area contributed by atoms with E-state index in [-0.39, 0.29) is 9.92 Å². The van der Waals surface area contributed by atoms with E-state index >= 15 is 0 Å². The standard InChI is InChI=1S/C18H17Cl2N3O2S/c19-16-5-6-17(20)18(11-16)26(24,25)23-9-7-22(8-10-23)13-15-4-2-1-3-14(15)12-21/h1-6,11H,7-10,13H2/p+1. The van der Waals surface area contributed by atoms with Crippen molar-refractivity contribution < 1.29 is 13.3 Å². The number of quaternary nitrogens is 1. The van der Waals surface area contributed by atoms with Crippen molar-refractivity contribution in [1.29, 1.82) is 5.26 Å². The summed E-state index contributed by atoms with van der Waals surface area (Å²) >= 11 is 12.0. The van der Waals surface area contributed by atoms with Crippen LogP contribution in [0.15, 0.2) is 47.4 Å². The molecule has 26 heavy (non-hydrogen) atoms. The number of benzene rings is 2. The number of piperazine rings is 1. The predicted molar refractivity (Wildman–Crippen MR) is 101 cm³/mol. The highest BCUT2D eigenvalue weighted by Gasteiger charge is 2.32. The van der Waals surface area contributed by atoms with Crippen LogP contribution in [0.4, 0.5) is 0 Å². The molecule has 0 saturated carbocycles. The zero-order chi connectivity index (χ0) is 18.7. The van der Waals surface area contributed by atoms with Crippen LogP contribution in [0.5, 0.6) is 0 Å². The molecule has 0 aromatic heterocycles. The summed E-state index contributed by atoms with van der Waals surface area (Å²) < 4.78 is 27.2. The average molecular weight is 411 g/mol. The predicted octanol–water partition coefficient (Wildman–Crippen LogP) is 1.95. The molecule has 1 aliphatic rings. The van der Waals surface area contributed by atoms with Gasteiger partial charge in [0.1, 0.15) is 11.4 Å². The van der Waals surface area contributed by atoms with Gasteiger partial charge in [-0.05, 0) is 24.3 Å². The van der Waals surface area contributed by atoms with Gasteiger partial charge in [-0.25, -0.2) is 8.42 Å². The van der Waals surface area contributed by atoms with Crippen molar-refractivity contribution >= 4 is 33.2 Å². The molecule has 0 bridgehead atoms. The van der Waals surface area contributed by atoms with Crippen LogP contribution in [0.2, 0.25) is 10.0 Å². The van der Waals surface area contributed by atoms with Crippen molar-refractivity contribution in [3.8, 4) is 6.07 Å². The number of nitrogens with zero attached hydrogens (tertiary/aromatic N) is 2. The summed E-state index contributed by atoms with van der Waals surface area (Å²) in [6.45, 7) is 2.83. The second-order valence-electron chi connectivity index (χ2n) is 6.17. The summed E-state index contributed by atoms with van der Waals surface area (Å²) in [7, 11) is -3.67. The molecule has 0 atom stereocenters. The lowest BCUT2D eigenvalue weighted by Gasteiger charge is -2.31. The molecule has 0 unspecified atom stereocenters. The van der Waals surface area contributed by atoms with Gasteiger partial charge in [-0.15, -0.1) is 0 Å². The lowest BCUT2D eigenvalue weighted by molar-refractivity contribution is -0.917. The van der Waals surface area contributed by atoms with E-state index in [0.29, 0.717) is 43.3 Å². The van der Waals surface area contributed by atoms with Crippen LogP contribution < -0.4 is 4.90 Å². The Balaban J connectivity index is 1.70. The molecule has 1 heterocycles. The zero-order valence-electron chi connectivity index (χ0n) is 14.0. The van der Waals surface area contributed by atoms with E-state index in [1.807, 2.05) is 18.2 Å². The molecule has 1 aliphatic heterocycles. The summed E-state index contributed by atoms with van der Waals surface area (Å²) in [6.07, 6.45) is 0. The Morgan fingerprint density at radius 3 is 2.50 bits per heavy atom. The van der Waals surface area contributed by atoms with Crippen molar-refractivity contribution in [2.45, 2.75) is 11.4 Å². The molecule has 0 amide bonds. The first-order valence-electron chi connectivity index (χ1n) is 8.18. The van der Waals surface area contributed by atoms with Crippen molar-refractivity contribution in [1.82, 2.24) is 4.31 Å². The maximum atomic E-state index is 12.9. The van der Waals surface area contributed by atoms with Gasteiger partial charge < -0.3 is 4.90 Å². The SMILES string of the molecule is N#Cc1ccccc1C[NH+]1CCN(S(=O)(=O)c2cc(Cl)ccc2Cl)CC1. The Bertz CT molecular complexity index is 949. The molecule has 0 aliphatic carbocycles. The van der Waals surface area contributed by atoms with E-state index in [2.05, 4.69) is 6.07 Å². The van der Waals surface area contributed by atoms with Crippen LogP contribution >= 0.6 is 23.2 Å². The lowest BCUT2D eigenvalue weighted by Crippen LogP contribution is -3.13. The van der Waals surface area contributed by atoms with E-state index in [1.165, 1.54) is 21.3 Å². The van der Waals surface area contributed by atoms with Crippen molar-refractivity contribution in [3.63, 3.8) is 0 Å². The summed E-state index contributed by atoms with van der Waals surface area (Å²) in [5.74, 6) is 0. The van der Waals surface area contributed by atoms with Crippen LogP contribution in [0.3, 0.4) is 0 Å².